The van der Waals surface area contributed by atoms with Gasteiger partial charge in [-0.1, -0.05) is 31.6 Å². The average Bonchev–Trinajstić information content (AvgIpc) is 3.29. The van der Waals surface area contributed by atoms with E-state index >= 15 is 0 Å². The van der Waals surface area contributed by atoms with Crippen LogP contribution >= 0.6 is 11.3 Å². The molecular weight excluding hydrogens is 496 g/mol. The molecule has 0 bridgehead atoms. The SMILES string of the molecule is CCCCN(CC)S(=O)(=O)c1ccc(C(=O)N(CCCN(C)C)c2nc3cc(OC)ccc3s2)cc1. The van der Waals surface area contributed by atoms with Crippen molar-refractivity contribution < 1.29 is 17.9 Å². The number of carbonyl (C=O) groups is 1. The van der Waals surface area contributed by atoms with Gasteiger partial charge in [0.25, 0.3) is 5.91 Å². The number of rotatable bonds is 13. The first kappa shape index (κ1) is 28.0. The normalized spacial score (nSPS) is 12.0. The molecule has 0 atom stereocenters. The maximum Gasteiger partial charge on any atom is 0.260 e. The van der Waals surface area contributed by atoms with E-state index in [-0.39, 0.29) is 10.8 Å². The highest BCUT2D eigenvalue weighted by Gasteiger charge is 2.25. The van der Waals surface area contributed by atoms with Crippen molar-refractivity contribution in [3.8, 4) is 5.75 Å². The summed E-state index contributed by atoms with van der Waals surface area (Å²) in [6, 6.07) is 11.9. The summed E-state index contributed by atoms with van der Waals surface area (Å²) >= 11 is 1.45. The molecule has 0 saturated carbocycles. The van der Waals surface area contributed by atoms with Crippen LogP contribution in [-0.2, 0) is 10.0 Å². The van der Waals surface area contributed by atoms with E-state index in [1.54, 1.807) is 24.1 Å². The molecule has 0 aliphatic heterocycles. The van der Waals surface area contributed by atoms with Gasteiger partial charge in [0.1, 0.15) is 5.75 Å². The second-order valence-electron chi connectivity index (χ2n) is 8.82. The molecule has 36 heavy (non-hydrogen) atoms. The Morgan fingerprint density at radius 1 is 1.00 bits per heavy atom. The number of sulfonamides is 1. The minimum absolute atomic E-state index is 0.197. The van der Waals surface area contributed by atoms with Gasteiger partial charge in [-0.3, -0.25) is 9.69 Å². The summed E-state index contributed by atoms with van der Waals surface area (Å²) in [5.41, 5.74) is 1.19. The van der Waals surface area contributed by atoms with Crippen molar-refractivity contribution in [3.63, 3.8) is 0 Å². The quantitative estimate of drug-likeness (QED) is 0.317. The van der Waals surface area contributed by atoms with E-state index in [9.17, 15) is 13.2 Å². The average molecular weight is 533 g/mol. The van der Waals surface area contributed by atoms with Gasteiger partial charge >= 0.3 is 0 Å². The minimum Gasteiger partial charge on any atom is -0.497 e. The minimum atomic E-state index is -3.61. The lowest BCUT2D eigenvalue weighted by atomic mass is 10.2. The second-order valence-corrected chi connectivity index (χ2v) is 11.8. The first-order valence-corrected chi connectivity index (χ1v) is 14.5. The van der Waals surface area contributed by atoms with Gasteiger partial charge in [-0.2, -0.15) is 4.31 Å². The van der Waals surface area contributed by atoms with Gasteiger partial charge in [0.15, 0.2) is 5.13 Å². The van der Waals surface area contributed by atoms with Crippen LogP contribution in [-0.4, -0.2) is 75.9 Å². The number of aromatic nitrogens is 1. The largest absolute Gasteiger partial charge is 0.497 e. The summed E-state index contributed by atoms with van der Waals surface area (Å²) in [6.45, 7) is 6.08. The molecule has 1 aromatic heterocycles. The van der Waals surface area contributed by atoms with Crippen molar-refractivity contribution in [2.45, 2.75) is 38.0 Å². The molecule has 2 aromatic carbocycles. The molecule has 196 valence electrons. The van der Waals surface area contributed by atoms with Gasteiger partial charge in [0.2, 0.25) is 10.0 Å². The lowest BCUT2D eigenvalue weighted by molar-refractivity contribution is 0.0986. The summed E-state index contributed by atoms with van der Waals surface area (Å²) in [6.07, 6.45) is 2.49. The third-order valence-corrected chi connectivity index (χ3v) is 8.95. The fourth-order valence-corrected chi connectivity index (χ4v) is 6.28. The molecule has 0 saturated heterocycles. The number of carbonyl (C=O) groups excluding carboxylic acids is 1. The van der Waals surface area contributed by atoms with E-state index in [4.69, 9.17) is 9.72 Å². The van der Waals surface area contributed by atoms with Gasteiger partial charge in [0, 0.05) is 31.3 Å². The molecule has 10 heteroatoms. The number of benzene rings is 2. The Kier molecular flexibility index (Phi) is 9.84. The maximum atomic E-state index is 13.6. The lowest BCUT2D eigenvalue weighted by Gasteiger charge is -2.22. The first-order valence-electron chi connectivity index (χ1n) is 12.2. The zero-order chi connectivity index (χ0) is 26.3. The summed E-state index contributed by atoms with van der Waals surface area (Å²) < 4.78 is 33.9. The van der Waals surface area contributed by atoms with E-state index < -0.39 is 10.0 Å². The zero-order valence-corrected chi connectivity index (χ0v) is 23.4. The molecule has 3 rings (SSSR count). The number of unbranched alkanes of at least 4 members (excludes halogenated alkanes) is 1. The molecule has 0 aliphatic rings. The molecule has 8 nitrogen and oxygen atoms in total. The Hall–Kier alpha value is -2.53. The van der Waals surface area contributed by atoms with Gasteiger partial charge in [-0.25, -0.2) is 13.4 Å². The molecule has 0 aliphatic carbocycles. The third-order valence-electron chi connectivity index (χ3n) is 5.90. The smallest absolute Gasteiger partial charge is 0.260 e. The van der Waals surface area contributed by atoms with Crippen molar-refractivity contribution in [3.05, 3.63) is 48.0 Å². The summed E-state index contributed by atoms with van der Waals surface area (Å²) in [4.78, 5) is 22.3. The van der Waals surface area contributed by atoms with E-state index in [0.717, 1.165) is 36.0 Å². The number of methoxy groups -OCH3 is 1. The number of fused-ring (bicyclic) bond motifs is 1. The molecule has 0 radical (unpaired) electrons. The van der Waals surface area contributed by atoms with Crippen molar-refractivity contribution in [1.82, 2.24) is 14.2 Å². The summed E-state index contributed by atoms with van der Waals surface area (Å²) in [5.74, 6) is 0.503. The Balaban J connectivity index is 1.89. The van der Waals surface area contributed by atoms with Crippen LogP contribution in [0.3, 0.4) is 0 Å². The number of anilines is 1. The topological polar surface area (TPSA) is 83.1 Å². The Morgan fingerprint density at radius 2 is 1.72 bits per heavy atom. The van der Waals surface area contributed by atoms with Crippen LogP contribution < -0.4 is 9.64 Å². The lowest BCUT2D eigenvalue weighted by Crippen LogP contribution is -2.34. The van der Waals surface area contributed by atoms with Crippen molar-refractivity contribution in [2.75, 3.05) is 52.3 Å². The van der Waals surface area contributed by atoms with Crippen LogP contribution in [0, 0.1) is 0 Å². The number of amides is 1. The molecule has 0 spiro atoms. The van der Waals surface area contributed by atoms with Gasteiger partial charge in [0.05, 0.1) is 22.2 Å². The molecule has 0 N–H and O–H groups in total. The summed E-state index contributed by atoms with van der Waals surface area (Å²) in [5, 5.41) is 0.607. The standard InChI is InChI=1S/C26H36N4O4S2/c1-6-8-17-29(7-2)36(32,33)22-13-10-20(11-14-22)25(31)30(18-9-16-28(3)4)26-27-23-19-21(34-5)12-15-24(23)35-26/h10-15,19H,6-9,16-18H2,1-5H3. The maximum absolute atomic E-state index is 13.6. The Labute approximate surface area is 218 Å². The molecular formula is C26H36N4O4S2. The Morgan fingerprint density at radius 3 is 2.33 bits per heavy atom. The van der Waals surface area contributed by atoms with Crippen molar-refractivity contribution in [2.24, 2.45) is 0 Å². The monoisotopic (exact) mass is 532 g/mol. The van der Waals surface area contributed by atoms with Crippen LogP contribution in [0.4, 0.5) is 5.13 Å². The molecule has 0 fully saturated rings. The highest BCUT2D eigenvalue weighted by atomic mass is 32.2. The number of nitrogens with zero attached hydrogens (tertiary/aromatic N) is 4. The van der Waals surface area contributed by atoms with Crippen LogP contribution in [0.15, 0.2) is 47.4 Å². The Bertz CT molecular complexity index is 1260. The van der Waals surface area contributed by atoms with E-state index in [1.165, 1.54) is 27.8 Å². The van der Waals surface area contributed by atoms with Crippen LogP contribution in [0.1, 0.15) is 43.5 Å². The predicted molar refractivity (Wildman–Crippen MR) is 147 cm³/mol. The fraction of sp³-hybridized carbons (Fsp3) is 0.462. The van der Waals surface area contributed by atoms with Crippen LogP contribution in [0.5, 0.6) is 5.75 Å². The molecule has 1 amide bonds. The fourth-order valence-electron chi connectivity index (χ4n) is 3.82. The van der Waals surface area contributed by atoms with Crippen LogP contribution in [0.2, 0.25) is 0 Å². The first-order chi connectivity index (χ1) is 17.2. The molecule has 0 unspecified atom stereocenters. The number of thiazole rings is 1. The van der Waals surface area contributed by atoms with Gasteiger partial charge in [-0.15, -0.1) is 0 Å². The van der Waals surface area contributed by atoms with Crippen molar-refractivity contribution >= 4 is 42.6 Å². The van der Waals surface area contributed by atoms with E-state index in [2.05, 4.69) is 4.90 Å². The van der Waals surface area contributed by atoms with E-state index in [0.29, 0.717) is 36.1 Å². The number of ether oxygens (including phenoxy) is 1. The predicted octanol–water partition coefficient (Wildman–Crippen LogP) is 4.71. The molecule has 1 heterocycles. The van der Waals surface area contributed by atoms with Gasteiger partial charge in [-0.05, 0) is 69.9 Å². The highest BCUT2D eigenvalue weighted by Crippen LogP contribution is 2.32. The zero-order valence-electron chi connectivity index (χ0n) is 21.7. The van der Waals surface area contributed by atoms with Gasteiger partial charge < -0.3 is 9.64 Å². The number of hydrogen-bond acceptors (Lipinski definition) is 7. The third kappa shape index (κ3) is 6.61. The van der Waals surface area contributed by atoms with Crippen LogP contribution in [0.25, 0.3) is 10.2 Å². The highest BCUT2D eigenvalue weighted by molar-refractivity contribution is 7.89. The van der Waals surface area contributed by atoms with E-state index in [1.807, 2.05) is 46.1 Å². The van der Waals surface area contributed by atoms with Crippen molar-refractivity contribution in [1.29, 1.82) is 0 Å². The molecule has 3 aromatic rings. The summed E-state index contributed by atoms with van der Waals surface area (Å²) in [7, 11) is 2.00. The second kappa shape index (κ2) is 12.6. The number of hydrogen-bond donors (Lipinski definition) is 0.